The number of hydrogen-bond acceptors (Lipinski definition) is 13. The topological polar surface area (TPSA) is 239 Å². The lowest BCUT2D eigenvalue weighted by Gasteiger charge is -2.24. The molecular formula is C61H67N9O11. The molecular weight excluding hydrogens is 1030 g/mol. The van der Waals surface area contributed by atoms with Gasteiger partial charge in [-0.3, -0.25) is 43.5 Å². The molecule has 5 heterocycles. The van der Waals surface area contributed by atoms with E-state index in [1.54, 1.807) is 69.5 Å². The van der Waals surface area contributed by atoms with Crippen LogP contribution < -0.4 is 50.4 Å². The van der Waals surface area contributed by atoms with Gasteiger partial charge >= 0.3 is 0 Å². The first-order valence-electron chi connectivity index (χ1n) is 27.1. The van der Waals surface area contributed by atoms with Crippen LogP contribution in [0.1, 0.15) is 90.3 Å². The fourth-order valence-corrected chi connectivity index (χ4v) is 10.6. The number of benzene rings is 4. The maximum Gasteiger partial charge on any atom is 0.261 e. The summed E-state index contributed by atoms with van der Waals surface area (Å²) in [4.78, 5) is 102. The van der Waals surface area contributed by atoms with Crippen LogP contribution in [0.15, 0.2) is 120 Å². The van der Waals surface area contributed by atoms with Crippen molar-refractivity contribution in [3.8, 4) is 23.0 Å². The van der Waals surface area contributed by atoms with E-state index in [4.69, 9.17) is 23.9 Å². The van der Waals surface area contributed by atoms with E-state index < -0.39 is 23.9 Å². The Kier molecular flexibility index (Phi) is 17.6. The Balaban J connectivity index is 0.874. The van der Waals surface area contributed by atoms with Gasteiger partial charge < -0.3 is 55.3 Å². The molecule has 4 atom stereocenters. The van der Waals surface area contributed by atoms with Crippen LogP contribution in [0.25, 0.3) is 0 Å². The highest BCUT2D eigenvalue weighted by molar-refractivity contribution is 6.15. The summed E-state index contributed by atoms with van der Waals surface area (Å²) in [5.41, 5.74) is 7.03. The van der Waals surface area contributed by atoms with Gasteiger partial charge in [0.1, 0.15) is 25.3 Å². The molecule has 0 fully saturated rings. The van der Waals surface area contributed by atoms with Gasteiger partial charge in [-0.25, -0.2) is 0 Å². The highest BCUT2D eigenvalue weighted by Gasteiger charge is 2.39. The number of nitrogens with one attached hydrogen (secondary N) is 5. The number of fused-ring (bicyclic) bond motifs is 6. The molecule has 7 amide bonds. The molecule has 0 radical (unpaired) electrons. The van der Waals surface area contributed by atoms with Crippen molar-refractivity contribution in [2.45, 2.75) is 96.7 Å². The lowest BCUT2D eigenvalue weighted by atomic mass is 10.1. The summed E-state index contributed by atoms with van der Waals surface area (Å²) in [5.74, 6) is -0.859. The Bertz CT molecular complexity index is 3290. The summed E-state index contributed by atoms with van der Waals surface area (Å²) >= 11 is 0. The van der Waals surface area contributed by atoms with Gasteiger partial charge in [0.15, 0.2) is 23.0 Å². The van der Waals surface area contributed by atoms with Crippen LogP contribution >= 0.6 is 0 Å². The second-order valence-corrected chi connectivity index (χ2v) is 20.3. The summed E-state index contributed by atoms with van der Waals surface area (Å²) in [6, 6.07) is 17.4. The third-order valence-electron chi connectivity index (χ3n) is 14.7. The minimum atomic E-state index is -1.05. The molecule has 0 aromatic heterocycles. The summed E-state index contributed by atoms with van der Waals surface area (Å²) in [6.45, 7) is 10.7. The van der Waals surface area contributed by atoms with Gasteiger partial charge in [0.25, 0.3) is 11.8 Å². The summed E-state index contributed by atoms with van der Waals surface area (Å²) < 4.78 is 24.5. The van der Waals surface area contributed by atoms with Crippen molar-refractivity contribution in [1.29, 1.82) is 0 Å². The van der Waals surface area contributed by atoms with Gasteiger partial charge in [-0.2, -0.15) is 0 Å². The van der Waals surface area contributed by atoms with Crippen LogP contribution in [0.2, 0.25) is 0 Å². The molecule has 9 rings (SSSR count). The number of carbonyl (C=O) groups excluding carboxylic acids is 7. The number of carbonyl (C=O) groups is 7. The monoisotopic (exact) mass is 1100 g/mol. The van der Waals surface area contributed by atoms with E-state index in [1.807, 2.05) is 49.4 Å². The molecule has 0 bridgehead atoms. The van der Waals surface area contributed by atoms with Crippen molar-refractivity contribution in [1.82, 2.24) is 25.8 Å². The molecule has 5 aliphatic rings. The van der Waals surface area contributed by atoms with E-state index in [-0.39, 0.29) is 67.7 Å². The Morgan fingerprint density at radius 1 is 0.802 bits per heavy atom. The molecule has 0 saturated heterocycles. The molecule has 5 N–H and O–H groups in total. The average molecular weight is 1100 g/mol. The smallest absolute Gasteiger partial charge is 0.261 e. The van der Waals surface area contributed by atoms with E-state index >= 15 is 0 Å². The lowest BCUT2D eigenvalue weighted by molar-refractivity contribution is -0.130. The molecule has 0 aliphatic carbocycles. The van der Waals surface area contributed by atoms with Crippen molar-refractivity contribution in [3.63, 3.8) is 0 Å². The summed E-state index contributed by atoms with van der Waals surface area (Å²) in [7, 11) is 2.99. The Labute approximate surface area is 470 Å². The zero-order chi connectivity index (χ0) is 57.3. The predicted octanol–water partition coefficient (Wildman–Crippen LogP) is 6.83. The van der Waals surface area contributed by atoms with Crippen LogP contribution in [0.3, 0.4) is 0 Å². The molecule has 0 spiro atoms. The number of nitrogens with zero attached hydrogens (tertiary/aromatic N) is 4. The molecule has 20 nitrogen and oxygen atoms in total. The Morgan fingerprint density at radius 3 is 2.17 bits per heavy atom. The number of allylic oxidation sites excluding steroid dienone is 3. The maximum absolute atomic E-state index is 14.2. The number of unbranched alkanes of at least 4 members (excludes halogenated alkanes) is 1. The Hall–Kier alpha value is -9.20. The second-order valence-electron chi connectivity index (χ2n) is 20.3. The summed E-state index contributed by atoms with van der Waals surface area (Å²) in [5, 5.41) is 14.5. The van der Waals surface area contributed by atoms with Gasteiger partial charge in [-0.05, 0) is 105 Å². The van der Waals surface area contributed by atoms with Crippen LogP contribution in [0.4, 0.5) is 22.7 Å². The minimum Gasteiger partial charge on any atom is -0.493 e. The molecule has 5 aliphatic heterocycles. The minimum absolute atomic E-state index is 0.0266. The molecule has 0 unspecified atom stereocenters. The van der Waals surface area contributed by atoms with Crippen molar-refractivity contribution in [2.24, 2.45) is 4.99 Å². The average Bonchev–Trinajstić information content (AvgIpc) is 4.01. The third kappa shape index (κ3) is 12.8. The van der Waals surface area contributed by atoms with E-state index in [0.717, 1.165) is 22.5 Å². The lowest BCUT2D eigenvalue weighted by Crippen LogP contribution is -2.50. The largest absolute Gasteiger partial charge is 0.493 e. The highest BCUT2D eigenvalue weighted by atomic mass is 16.5. The molecule has 0 saturated carbocycles. The van der Waals surface area contributed by atoms with Gasteiger partial charge in [0.2, 0.25) is 29.5 Å². The first kappa shape index (κ1) is 56.5. The first-order valence-corrected chi connectivity index (χ1v) is 27.1. The SMILES string of the molecule is C=CC1=C(/C=C\C)C[C@H]2CNc3cc(OCc4cc(COc5cc6c(cc5OC)C(=O)N5c7ccccc7C[C@H]5C=N6)cc(NC(=O)[C@H](C)NC(=O)[C@H](C)NC(=O)CCCCC(=O)NCCN5CC=CC5=O)c4)c(OC)cc3C(=O)N12. The van der Waals surface area contributed by atoms with Crippen molar-refractivity contribution in [2.75, 3.05) is 55.9 Å². The second kappa shape index (κ2) is 25.3. The maximum atomic E-state index is 14.2. The van der Waals surface area contributed by atoms with Gasteiger partial charge in [-0.15, -0.1) is 0 Å². The van der Waals surface area contributed by atoms with Crippen LogP contribution in [-0.2, 0) is 43.6 Å². The fourth-order valence-electron chi connectivity index (χ4n) is 10.6. The van der Waals surface area contributed by atoms with Crippen molar-refractivity contribution < 1.29 is 52.5 Å². The number of aliphatic imine (C=N–C) groups is 1. The summed E-state index contributed by atoms with van der Waals surface area (Å²) in [6.07, 6.45) is 13.2. The quantitative estimate of drug-likeness (QED) is 0.0481. The molecule has 422 valence electrons. The molecule has 4 aromatic rings. The van der Waals surface area contributed by atoms with Gasteiger partial charge in [0.05, 0.1) is 48.8 Å². The first-order chi connectivity index (χ1) is 39.2. The van der Waals surface area contributed by atoms with E-state index in [9.17, 15) is 33.6 Å². The van der Waals surface area contributed by atoms with Gasteiger partial charge in [0, 0.05) is 86.9 Å². The van der Waals surface area contributed by atoms with E-state index in [1.165, 1.54) is 34.1 Å². The number of ether oxygens (including phenoxy) is 4. The number of anilines is 3. The molecule has 20 heteroatoms. The van der Waals surface area contributed by atoms with Gasteiger partial charge in [-0.1, -0.05) is 43.0 Å². The van der Waals surface area contributed by atoms with Crippen LogP contribution in [-0.4, -0.2) is 122 Å². The van der Waals surface area contributed by atoms with Crippen LogP contribution in [0, 0.1) is 0 Å². The standard InChI is InChI=1S/C61H67N9O11/c1-7-14-40-26-43-32-63-47-30-53(51(78-5)28-45(47)60(76)69(43)49(40)8-2)80-34-38-23-39(35-81-54-31-48-46(29-52(54)79-6)61(77)70-44(33-64-48)27-41-15-9-10-16-50(41)70)25-42(24-38)67-59(75)37(4)66-58(74)36(3)65-56(72)18-12-11-17-55(71)62-20-22-68-21-13-19-57(68)73/h7-10,13-16,19,23-25,28-31,33,36-37,43-44,63H,2,11-12,17-18,20-22,26-27,32,34-35H2,1,3-6H3,(H,62,71)(H,65,72)(H,66,74)(H,67,75)/b14-7-/t36-,37-,43-,44-/m0/s1. The number of rotatable bonds is 23. The van der Waals surface area contributed by atoms with E-state index in [0.29, 0.717) is 114 Å². The number of para-hydroxylation sites is 1. The highest BCUT2D eigenvalue weighted by Crippen LogP contribution is 2.43. The number of amides is 7. The molecule has 4 aromatic carbocycles. The predicted molar refractivity (Wildman–Crippen MR) is 306 cm³/mol. The van der Waals surface area contributed by atoms with Crippen LogP contribution in [0.5, 0.6) is 23.0 Å². The normalized spacial score (nSPS) is 17.4. The zero-order valence-corrected chi connectivity index (χ0v) is 46.1. The van der Waals surface area contributed by atoms with Crippen molar-refractivity contribution in [3.05, 3.63) is 143 Å². The number of methoxy groups -OCH3 is 2. The number of hydrogen-bond donors (Lipinski definition) is 5. The molecule has 81 heavy (non-hydrogen) atoms. The zero-order valence-electron chi connectivity index (χ0n) is 46.1. The van der Waals surface area contributed by atoms with Crippen molar-refractivity contribution >= 4 is 70.3 Å². The van der Waals surface area contributed by atoms with E-state index in [2.05, 4.69) is 33.2 Å². The Morgan fingerprint density at radius 2 is 1.48 bits per heavy atom. The fraction of sp³-hybridized carbons (Fsp3) is 0.344. The third-order valence-corrected chi connectivity index (χ3v) is 14.7.